The molecule has 1 heterocycles. The van der Waals surface area contributed by atoms with Crippen molar-refractivity contribution < 1.29 is 0 Å². The number of rotatable bonds is 1. The molecule has 0 aliphatic rings. The highest BCUT2D eigenvalue weighted by Gasteiger charge is 2.06. The molecule has 0 saturated carbocycles. The first-order chi connectivity index (χ1) is 5.13. The summed E-state index contributed by atoms with van der Waals surface area (Å²) in [4.78, 5) is 10.9. The standard InChI is InChI=1S/C7H11N3O/c1-4(2)5-3-9-10-7(11)6(5)8/h3-4H,1-2H3,(H2,8,9)(H,10,11). The molecule has 4 heteroatoms. The Morgan fingerprint density at radius 1 is 1.64 bits per heavy atom. The van der Waals surface area contributed by atoms with E-state index in [0.717, 1.165) is 5.56 Å². The van der Waals surface area contributed by atoms with E-state index in [2.05, 4.69) is 10.2 Å². The third kappa shape index (κ3) is 1.39. The molecule has 0 fully saturated rings. The van der Waals surface area contributed by atoms with Gasteiger partial charge in [-0.1, -0.05) is 13.8 Å². The van der Waals surface area contributed by atoms with Crippen LogP contribution >= 0.6 is 0 Å². The van der Waals surface area contributed by atoms with Gasteiger partial charge in [-0.3, -0.25) is 4.79 Å². The molecule has 1 aromatic rings. The third-order valence-electron chi connectivity index (χ3n) is 1.55. The predicted molar refractivity (Wildman–Crippen MR) is 43.4 cm³/mol. The zero-order valence-corrected chi connectivity index (χ0v) is 6.59. The second-order valence-corrected chi connectivity index (χ2v) is 2.72. The van der Waals surface area contributed by atoms with Crippen molar-refractivity contribution in [3.05, 3.63) is 22.1 Å². The number of anilines is 1. The van der Waals surface area contributed by atoms with Gasteiger partial charge in [-0.25, -0.2) is 5.10 Å². The van der Waals surface area contributed by atoms with Crippen molar-refractivity contribution in [3.63, 3.8) is 0 Å². The van der Waals surface area contributed by atoms with Gasteiger partial charge in [-0.05, 0) is 5.92 Å². The van der Waals surface area contributed by atoms with E-state index in [1.165, 1.54) is 0 Å². The maximum Gasteiger partial charge on any atom is 0.287 e. The van der Waals surface area contributed by atoms with Crippen molar-refractivity contribution in [2.75, 3.05) is 5.73 Å². The fraction of sp³-hybridized carbons (Fsp3) is 0.429. The summed E-state index contributed by atoms with van der Waals surface area (Å²) in [6.45, 7) is 3.93. The summed E-state index contributed by atoms with van der Waals surface area (Å²) in [7, 11) is 0. The van der Waals surface area contributed by atoms with Gasteiger partial charge in [-0.2, -0.15) is 5.10 Å². The maximum absolute atomic E-state index is 10.9. The van der Waals surface area contributed by atoms with E-state index in [4.69, 9.17) is 5.73 Å². The van der Waals surface area contributed by atoms with Gasteiger partial charge in [0, 0.05) is 5.56 Å². The smallest absolute Gasteiger partial charge is 0.287 e. The number of nitrogens with two attached hydrogens (primary N) is 1. The van der Waals surface area contributed by atoms with Crippen LogP contribution in [0.1, 0.15) is 25.3 Å². The molecule has 4 nitrogen and oxygen atoms in total. The molecule has 60 valence electrons. The molecule has 3 N–H and O–H groups in total. The van der Waals surface area contributed by atoms with Gasteiger partial charge in [0.2, 0.25) is 0 Å². The zero-order chi connectivity index (χ0) is 8.43. The zero-order valence-electron chi connectivity index (χ0n) is 6.59. The summed E-state index contributed by atoms with van der Waals surface area (Å²) in [5.74, 6) is 0.241. The monoisotopic (exact) mass is 153 g/mol. The molecule has 0 amide bonds. The molecule has 0 aliphatic carbocycles. The van der Waals surface area contributed by atoms with Gasteiger partial charge in [0.1, 0.15) is 5.69 Å². The van der Waals surface area contributed by atoms with Crippen LogP contribution in [-0.4, -0.2) is 10.2 Å². The summed E-state index contributed by atoms with van der Waals surface area (Å²) in [5, 5.41) is 5.91. The SMILES string of the molecule is CC(C)c1cn[nH]c(=O)c1N. The molecule has 11 heavy (non-hydrogen) atoms. The molecule has 0 unspecified atom stereocenters. The lowest BCUT2D eigenvalue weighted by atomic mass is 10.1. The van der Waals surface area contributed by atoms with E-state index < -0.39 is 0 Å². The lowest BCUT2D eigenvalue weighted by Gasteiger charge is -2.05. The van der Waals surface area contributed by atoms with Crippen molar-refractivity contribution in [3.8, 4) is 0 Å². The quantitative estimate of drug-likeness (QED) is 0.616. The second-order valence-electron chi connectivity index (χ2n) is 2.72. The fourth-order valence-electron chi connectivity index (χ4n) is 0.881. The normalized spacial score (nSPS) is 10.5. The average molecular weight is 153 g/mol. The Morgan fingerprint density at radius 3 is 2.73 bits per heavy atom. The Balaban J connectivity index is 3.28. The van der Waals surface area contributed by atoms with Crippen LogP contribution in [-0.2, 0) is 0 Å². The van der Waals surface area contributed by atoms with Crippen molar-refractivity contribution in [1.82, 2.24) is 10.2 Å². The molecule has 0 aliphatic heterocycles. The van der Waals surface area contributed by atoms with Crippen LogP contribution in [0.25, 0.3) is 0 Å². The Kier molecular flexibility index (Phi) is 1.94. The molecule has 0 aromatic carbocycles. The highest BCUT2D eigenvalue weighted by atomic mass is 16.1. The third-order valence-corrected chi connectivity index (χ3v) is 1.55. The van der Waals surface area contributed by atoms with Gasteiger partial charge in [0.05, 0.1) is 6.20 Å². The van der Waals surface area contributed by atoms with E-state index in [0.29, 0.717) is 0 Å². The van der Waals surface area contributed by atoms with Crippen LogP contribution in [0.4, 0.5) is 5.69 Å². The van der Waals surface area contributed by atoms with Gasteiger partial charge in [0.15, 0.2) is 0 Å². The maximum atomic E-state index is 10.9. The van der Waals surface area contributed by atoms with E-state index in [1.807, 2.05) is 13.8 Å². The minimum atomic E-state index is -0.309. The van der Waals surface area contributed by atoms with E-state index in [9.17, 15) is 4.79 Å². The van der Waals surface area contributed by atoms with Crippen LogP contribution in [0, 0.1) is 0 Å². The molecule has 1 aromatic heterocycles. The molecule has 0 saturated heterocycles. The summed E-state index contributed by atoms with van der Waals surface area (Å²) in [5.41, 5.74) is 6.26. The predicted octanol–water partition coefficient (Wildman–Crippen LogP) is 0.475. The molecular weight excluding hydrogens is 142 g/mol. The molecule has 1 rings (SSSR count). The van der Waals surface area contributed by atoms with Crippen molar-refractivity contribution in [2.24, 2.45) is 0 Å². The van der Waals surface area contributed by atoms with Gasteiger partial charge in [0.25, 0.3) is 5.56 Å². The Hall–Kier alpha value is -1.32. The average Bonchev–Trinajstić information content (AvgIpc) is 1.94. The molecule has 0 bridgehead atoms. The highest BCUT2D eigenvalue weighted by Crippen LogP contribution is 2.15. The van der Waals surface area contributed by atoms with E-state index in [1.54, 1.807) is 6.20 Å². The number of hydrogen-bond acceptors (Lipinski definition) is 3. The first kappa shape index (κ1) is 7.78. The number of H-pyrrole nitrogens is 1. The molecule has 0 atom stereocenters. The van der Waals surface area contributed by atoms with Crippen LogP contribution in [0.5, 0.6) is 0 Å². The van der Waals surface area contributed by atoms with Crippen molar-refractivity contribution in [2.45, 2.75) is 19.8 Å². The van der Waals surface area contributed by atoms with Gasteiger partial charge in [-0.15, -0.1) is 0 Å². The number of aromatic nitrogens is 2. The molecular formula is C7H11N3O. The topological polar surface area (TPSA) is 71.8 Å². The second kappa shape index (κ2) is 2.74. The Labute approximate surface area is 64.4 Å². The lowest BCUT2D eigenvalue weighted by Crippen LogP contribution is -2.16. The van der Waals surface area contributed by atoms with Gasteiger partial charge < -0.3 is 5.73 Å². The summed E-state index contributed by atoms with van der Waals surface area (Å²) in [6, 6.07) is 0. The Morgan fingerprint density at radius 2 is 2.27 bits per heavy atom. The number of aromatic amines is 1. The lowest BCUT2D eigenvalue weighted by molar-refractivity contribution is 0.837. The first-order valence-corrected chi connectivity index (χ1v) is 3.46. The summed E-state index contributed by atoms with van der Waals surface area (Å²) >= 11 is 0. The molecule has 0 spiro atoms. The van der Waals surface area contributed by atoms with E-state index >= 15 is 0 Å². The highest BCUT2D eigenvalue weighted by molar-refractivity contribution is 5.43. The van der Waals surface area contributed by atoms with Crippen molar-refractivity contribution in [1.29, 1.82) is 0 Å². The first-order valence-electron chi connectivity index (χ1n) is 3.46. The van der Waals surface area contributed by atoms with Crippen LogP contribution in [0.2, 0.25) is 0 Å². The van der Waals surface area contributed by atoms with Gasteiger partial charge >= 0.3 is 0 Å². The van der Waals surface area contributed by atoms with E-state index in [-0.39, 0.29) is 17.2 Å². The largest absolute Gasteiger partial charge is 0.394 e. The number of nitrogen functional groups attached to an aromatic ring is 1. The van der Waals surface area contributed by atoms with Crippen LogP contribution < -0.4 is 11.3 Å². The minimum absolute atomic E-state index is 0.241. The minimum Gasteiger partial charge on any atom is -0.394 e. The fourth-order valence-corrected chi connectivity index (χ4v) is 0.881. The van der Waals surface area contributed by atoms with Crippen LogP contribution in [0.3, 0.4) is 0 Å². The number of hydrogen-bond donors (Lipinski definition) is 2. The van der Waals surface area contributed by atoms with Crippen molar-refractivity contribution >= 4 is 5.69 Å². The molecule has 0 radical (unpaired) electrons. The van der Waals surface area contributed by atoms with Crippen LogP contribution in [0.15, 0.2) is 11.0 Å². The summed E-state index contributed by atoms with van der Waals surface area (Å²) < 4.78 is 0. The number of nitrogens with one attached hydrogen (secondary N) is 1. The number of nitrogens with zero attached hydrogens (tertiary/aromatic N) is 1. The Bertz CT molecular complexity index is 303. The summed E-state index contributed by atoms with van der Waals surface area (Å²) in [6.07, 6.45) is 1.58.